The summed E-state index contributed by atoms with van der Waals surface area (Å²) in [7, 11) is 0. The molecule has 0 amide bonds. The topological polar surface area (TPSA) is 38.5 Å². The molecule has 0 aromatic heterocycles. The first-order valence-corrected chi connectivity index (χ1v) is 7.98. The Morgan fingerprint density at radius 1 is 1.25 bits per heavy atom. The minimum Gasteiger partial charge on any atom is -0.487 e. The second-order valence-corrected chi connectivity index (χ2v) is 6.46. The molecule has 110 valence electrons. The largest absolute Gasteiger partial charge is 0.487 e. The van der Waals surface area contributed by atoms with Crippen molar-refractivity contribution in [2.75, 3.05) is 26.2 Å². The zero-order chi connectivity index (χ0) is 14.0. The van der Waals surface area contributed by atoms with Crippen molar-refractivity contribution in [1.29, 1.82) is 0 Å². The molecule has 2 N–H and O–H groups in total. The van der Waals surface area contributed by atoms with E-state index in [1.807, 2.05) is 18.2 Å². The van der Waals surface area contributed by atoms with E-state index < -0.39 is 0 Å². The summed E-state index contributed by atoms with van der Waals surface area (Å²) >= 11 is 6.05. The van der Waals surface area contributed by atoms with Crippen LogP contribution in [0.3, 0.4) is 0 Å². The molecule has 0 aliphatic carbocycles. The lowest BCUT2D eigenvalue weighted by Gasteiger charge is -2.44. The van der Waals surface area contributed by atoms with E-state index in [4.69, 9.17) is 22.1 Å². The average molecular weight is 295 g/mol. The first kappa shape index (κ1) is 14.2. The fourth-order valence-corrected chi connectivity index (χ4v) is 3.54. The van der Waals surface area contributed by atoms with E-state index in [1.54, 1.807) is 0 Å². The van der Waals surface area contributed by atoms with Crippen LogP contribution in [-0.2, 0) is 6.42 Å². The van der Waals surface area contributed by atoms with Crippen molar-refractivity contribution in [1.82, 2.24) is 4.90 Å². The van der Waals surface area contributed by atoms with Crippen molar-refractivity contribution in [3.63, 3.8) is 0 Å². The van der Waals surface area contributed by atoms with Gasteiger partial charge in [-0.15, -0.1) is 0 Å². The molecule has 0 saturated carbocycles. The van der Waals surface area contributed by atoms with E-state index in [9.17, 15) is 0 Å². The summed E-state index contributed by atoms with van der Waals surface area (Å²) in [5.41, 5.74) is 6.90. The molecule has 0 radical (unpaired) electrons. The van der Waals surface area contributed by atoms with Gasteiger partial charge in [0.1, 0.15) is 11.4 Å². The van der Waals surface area contributed by atoms with Gasteiger partial charge in [0.05, 0.1) is 0 Å². The van der Waals surface area contributed by atoms with E-state index in [2.05, 4.69) is 4.90 Å². The van der Waals surface area contributed by atoms with Gasteiger partial charge in [-0.1, -0.05) is 11.6 Å². The van der Waals surface area contributed by atoms with Gasteiger partial charge < -0.3 is 15.4 Å². The van der Waals surface area contributed by atoms with Crippen molar-refractivity contribution >= 4 is 11.6 Å². The van der Waals surface area contributed by atoms with E-state index in [1.165, 1.54) is 5.56 Å². The predicted molar refractivity (Wildman–Crippen MR) is 82.5 cm³/mol. The number of likely N-dealkylation sites (tertiary alicyclic amines) is 1. The first-order valence-electron chi connectivity index (χ1n) is 7.61. The molecule has 0 bridgehead atoms. The monoisotopic (exact) mass is 294 g/mol. The van der Waals surface area contributed by atoms with E-state index >= 15 is 0 Å². The summed E-state index contributed by atoms with van der Waals surface area (Å²) in [5.74, 6) is 1.04. The highest BCUT2D eigenvalue weighted by Gasteiger charge is 2.39. The van der Waals surface area contributed by atoms with Crippen molar-refractivity contribution in [2.45, 2.75) is 37.7 Å². The molecule has 0 atom stereocenters. The summed E-state index contributed by atoms with van der Waals surface area (Å²) in [5, 5.41) is 0.805. The Hall–Kier alpha value is -0.770. The van der Waals surface area contributed by atoms with Crippen LogP contribution in [0, 0.1) is 0 Å². The van der Waals surface area contributed by atoms with Crippen LogP contribution in [0.25, 0.3) is 0 Å². The van der Waals surface area contributed by atoms with Crippen molar-refractivity contribution < 1.29 is 4.74 Å². The molecule has 3 nitrogen and oxygen atoms in total. The number of nitrogens with two attached hydrogens (primary N) is 1. The molecule has 1 spiro atoms. The van der Waals surface area contributed by atoms with Gasteiger partial charge in [-0.25, -0.2) is 0 Å². The lowest BCUT2D eigenvalue weighted by molar-refractivity contribution is -0.0144. The maximum absolute atomic E-state index is 6.36. The Morgan fingerprint density at radius 3 is 2.80 bits per heavy atom. The first-order chi connectivity index (χ1) is 9.71. The third-order valence-corrected chi connectivity index (χ3v) is 4.88. The fraction of sp³-hybridized carbons (Fsp3) is 0.625. The van der Waals surface area contributed by atoms with Crippen molar-refractivity contribution in [3.05, 3.63) is 28.8 Å². The number of hydrogen-bond acceptors (Lipinski definition) is 3. The summed E-state index contributed by atoms with van der Waals surface area (Å²) in [6.07, 6.45) is 5.54. The number of ether oxygens (including phenoxy) is 1. The van der Waals surface area contributed by atoms with E-state index in [0.717, 1.165) is 69.1 Å². The lowest BCUT2D eigenvalue weighted by Crippen LogP contribution is -2.50. The van der Waals surface area contributed by atoms with Crippen LogP contribution in [-0.4, -0.2) is 36.7 Å². The summed E-state index contributed by atoms with van der Waals surface area (Å²) < 4.78 is 6.36. The molecule has 1 aromatic carbocycles. The Labute approximate surface area is 126 Å². The van der Waals surface area contributed by atoms with E-state index in [-0.39, 0.29) is 5.60 Å². The molecule has 4 heteroatoms. The molecule has 2 aliphatic rings. The molecule has 2 aliphatic heterocycles. The zero-order valence-corrected chi connectivity index (χ0v) is 12.7. The van der Waals surface area contributed by atoms with Crippen LogP contribution in [0.1, 0.15) is 31.2 Å². The third-order valence-electron chi connectivity index (χ3n) is 4.64. The predicted octanol–water partition coefficient (Wildman–Crippen LogP) is 2.85. The summed E-state index contributed by atoms with van der Waals surface area (Å²) in [6.45, 7) is 4.16. The molecule has 20 heavy (non-hydrogen) atoms. The third kappa shape index (κ3) is 2.95. The van der Waals surface area contributed by atoms with Gasteiger partial charge in [-0.2, -0.15) is 0 Å². The van der Waals surface area contributed by atoms with Gasteiger partial charge in [-0.05, 0) is 69.0 Å². The number of piperidine rings is 1. The van der Waals surface area contributed by atoms with Crippen LogP contribution in [0.15, 0.2) is 18.2 Å². The quantitative estimate of drug-likeness (QED) is 0.932. The van der Waals surface area contributed by atoms with Gasteiger partial charge in [0, 0.05) is 18.1 Å². The van der Waals surface area contributed by atoms with Crippen LogP contribution in [0.2, 0.25) is 5.02 Å². The Kier molecular flexibility index (Phi) is 4.20. The minimum atomic E-state index is 0.0556. The number of halogens is 1. The van der Waals surface area contributed by atoms with Crippen LogP contribution in [0.4, 0.5) is 0 Å². The summed E-state index contributed by atoms with van der Waals surface area (Å²) in [4.78, 5) is 2.51. The van der Waals surface area contributed by atoms with Gasteiger partial charge in [-0.3, -0.25) is 0 Å². The number of rotatable bonds is 3. The molecule has 1 fully saturated rings. The lowest BCUT2D eigenvalue weighted by atomic mass is 9.83. The molecular formula is C16H23ClN2O. The molecule has 0 unspecified atom stereocenters. The number of aryl methyl sites for hydroxylation is 1. The maximum atomic E-state index is 6.36. The second kappa shape index (κ2) is 5.92. The average Bonchev–Trinajstić information content (AvgIpc) is 2.47. The normalized spacial score (nSPS) is 21.5. The fourth-order valence-electron chi connectivity index (χ4n) is 3.34. The van der Waals surface area contributed by atoms with Crippen molar-refractivity contribution in [2.24, 2.45) is 5.73 Å². The van der Waals surface area contributed by atoms with Gasteiger partial charge in [0.2, 0.25) is 0 Å². The molecule has 3 rings (SSSR count). The summed E-state index contributed by atoms with van der Waals surface area (Å²) in [6, 6.07) is 6.00. The smallest absolute Gasteiger partial charge is 0.123 e. The number of fused-ring (bicyclic) bond motifs is 1. The molecule has 2 heterocycles. The van der Waals surface area contributed by atoms with Gasteiger partial charge >= 0.3 is 0 Å². The highest BCUT2D eigenvalue weighted by Crippen LogP contribution is 2.40. The highest BCUT2D eigenvalue weighted by atomic mass is 35.5. The molecule has 1 aromatic rings. The van der Waals surface area contributed by atoms with Crippen LogP contribution >= 0.6 is 11.6 Å². The SMILES string of the molecule is NCCCN1CCC2(CCc3cc(Cl)ccc3O2)CC1. The van der Waals surface area contributed by atoms with Gasteiger partial charge in [0.15, 0.2) is 0 Å². The number of nitrogens with zero attached hydrogens (tertiary/aromatic N) is 1. The number of benzene rings is 1. The molecular weight excluding hydrogens is 272 g/mol. The van der Waals surface area contributed by atoms with Crippen LogP contribution in [0.5, 0.6) is 5.75 Å². The Balaban J connectivity index is 1.64. The van der Waals surface area contributed by atoms with E-state index in [0.29, 0.717) is 0 Å². The van der Waals surface area contributed by atoms with Crippen LogP contribution < -0.4 is 10.5 Å². The standard InChI is InChI=1S/C16H23ClN2O/c17-14-2-3-15-13(12-14)4-5-16(20-15)6-10-19(11-7-16)9-1-8-18/h2-3,12H,1,4-11,18H2. The number of hydrogen-bond donors (Lipinski definition) is 1. The highest BCUT2D eigenvalue weighted by molar-refractivity contribution is 6.30. The second-order valence-electron chi connectivity index (χ2n) is 6.02. The maximum Gasteiger partial charge on any atom is 0.123 e. The molecule has 1 saturated heterocycles. The van der Waals surface area contributed by atoms with Gasteiger partial charge in [0.25, 0.3) is 0 Å². The Morgan fingerprint density at radius 2 is 2.05 bits per heavy atom. The Bertz CT molecular complexity index is 470. The minimum absolute atomic E-state index is 0.0556. The van der Waals surface area contributed by atoms with Crippen molar-refractivity contribution in [3.8, 4) is 5.75 Å². The zero-order valence-electron chi connectivity index (χ0n) is 11.9.